The molecule has 5 N–H and O–H groups in total. The van der Waals surface area contributed by atoms with Crippen LogP contribution < -0.4 is 25.7 Å². The number of hydrogen-bond acceptors (Lipinski definition) is 6. The zero-order valence-corrected chi connectivity index (χ0v) is 13.3. The van der Waals surface area contributed by atoms with Gasteiger partial charge < -0.3 is 30.8 Å². The molecule has 0 saturated carbocycles. The first-order chi connectivity index (χ1) is 11.5. The number of carboxylic acid groups (broad SMARTS) is 1. The molecule has 0 amide bonds. The average Bonchev–Trinajstić information content (AvgIpc) is 2.51. The second kappa shape index (κ2) is 7.96. The lowest BCUT2D eigenvalue weighted by molar-refractivity contribution is -0.136. The number of ether oxygens (including phenoxy) is 3. The molecule has 2 rings (SSSR count). The van der Waals surface area contributed by atoms with Gasteiger partial charge in [0.15, 0.2) is 0 Å². The zero-order chi connectivity index (χ0) is 17.5. The summed E-state index contributed by atoms with van der Waals surface area (Å²) in [6, 6.07) is 9.93. The summed E-state index contributed by atoms with van der Waals surface area (Å²) in [6.45, 7) is 2.35. The second-order valence-electron chi connectivity index (χ2n) is 4.98. The van der Waals surface area contributed by atoms with Crippen molar-refractivity contribution in [3.05, 3.63) is 42.0 Å². The maximum absolute atomic E-state index is 10.7. The lowest BCUT2D eigenvalue weighted by Gasteiger charge is -2.12. The van der Waals surface area contributed by atoms with Crippen LogP contribution in [0, 0.1) is 0 Å². The van der Waals surface area contributed by atoms with Crippen molar-refractivity contribution < 1.29 is 24.1 Å². The van der Waals surface area contributed by atoms with Crippen LogP contribution in [0.5, 0.6) is 17.2 Å². The number of benzene rings is 2. The van der Waals surface area contributed by atoms with Gasteiger partial charge in [-0.15, -0.1) is 0 Å². The van der Waals surface area contributed by atoms with Gasteiger partial charge in [-0.3, -0.25) is 4.79 Å². The Hall–Kier alpha value is -3.09. The molecule has 0 aromatic heterocycles. The van der Waals surface area contributed by atoms with E-state index in [0.29, 0.717) is 40.8 Å². The molecule has 0 spiro atoms. The van der Waals surface area contributed by atoms with E-state index in [1.54, 1.807) is 36.4 Å². The van der Waals surface area contributed by atoms with Crippen molar-refractivity contribution in [2.75, 3.05) is 24.9 Å². The Morgan fingerprint density at radius 3 is 2.29 bits per heavy atom. The highest BCUT2D eigenvalue weighted by molar-refractivity contribution is 5.71. The van der Waals surface area contributed by atoms with Crippen molar-refractivity contribution in [1.82, 2.24) is 0 Å². The van der Waals surface area contributed by atoms with Crippen LogP contribution in [0.2, 0.25) is 0 Å². The lowest BCUT2D eigenvalue weighted by Crippen LogP contribution is -2.08. The van der Waals surface area contributed by atoms with Gasteiger partial charge in [-0.05, 0) is 36.8 Å². The maximum atomic E-state index is 10.7. The lowest BCUT2D eigenvalue weighted by atomic mass is 10.1. The van der Waals surface area contributed by atoms with Gasteiger partial charge in [0.05, 0.1) is 24.4 Å². The first-order valence-corrected chi connectivity index (χ1v) is 7.37. The number of carbonyl (C=O) groups is 1. The van der Waals surface area contributed by atoms with Crippen molar-refractivity contribution in [2.45, 2.75) is 13.3 Å². The van der Waals surface area contributed by atoms with Gasteiger partial charge in [-0.1, -0.05) is 6.07 Å². The molecule has 2 aromatic carbocycles. The van der Waals surface area contributed by atoms with Crippen molar-refractivity contribution >= 4 is 17.3 Å². The average molecular weight is 332 g/mol. The number of aliphatic carboxylic acids is 1. The molecule has 24 heavy (non-hydrogen) atoms. The van der Waals surface area contributed by atoms with E-state index in [0.717, 1.165) is 0 Å². The number of nitrogens with two attached hydrogens (primary N) is 2. The fourth-order valence-corrected chi connectivity index (χ4v) is 2.08. The molecule has 0 aliphatic carbocycles. The van der Waals surface area contributed by atoms with Crippen LogP contribution in [0.4, 0.5) is 11.4 Å². The third kappa shape index (κ3) is 4.70. The van der Waals surface area contributed by atoms with E-state index in [1.165, 1.54) is 0 Å². The van der Waals surface area contributed by atoms with Gasteiger partial charge in [-0.2, -0.15) is 0 Å². The first kappa shape index (κ1) is 17.3. The number of nitrogen functional groups attached to an aromatic ring is 2. The molecule has 0 fully saturated rings. The van der Waals surface area contributed by atoms with E-state index in [4.69, 9.17) is 30.8 Å². The minimum Gasteiger partial charge on any atom is -0.492 e. The molecule has 2 aromatic rings. The normalized spacial score (nSPS) is 10.2. The Morgan fingerprint density at radius 2 is 1.67 bits per heavy atom. The molecular weight excluding hydrogens is 312 g/mol. The summed E-state index contributed by atoms with van der Waals surface area (Å²) in [5.74, 6) is 0.642. The molecule has 0 bridgehead atoms. The highest BCUT2D eigenvalue weighted by atomic mass is 16.7. The molecule has 0 heterocycles. The summed E-state index contributed by atoms with van der Waals surface area (Å²) in [4.78, 5) is 10.7. The van der Waals surface area contributed by atoms with Crippen molar-refractivity contribution in [3.8, 4) is 17.2 Å². The van der Waals surface area contributed by atoms with Gasteiger partial charge in [0.25, 0.3) is 0 Å². The van der Waals surface area contributed by atoms with Crippen LogP contribution in [0.15, 0.2) is 36.4 Å². The van der Waals surface area contributed by atoms with E-state index in [-0.39, 0.29) is 13.2 Å². The molecular formula is C17H20N2O5. The van der Waals surface area contributed by atoms with Gasteiger partial charge in [0, 0.05) is 6.07 Å². The number of anilines is 2. The number of carboxylic acids is 1. The standard InChI is InChI=1S/C17H20N2O5/c1-2-22-15-6-4-12(9-14(15)19)23-10-24-16-5-3-11(7-13(16)18)8-17(20)21/h3-7,9H,2,8,10,18-19H2,1H3,(H,20,21). The summed E-state index contributed by atoms with van der Waals surface area (Å²) < 4.78 is 16.3. The van der Waals surface area contributed by atoms with Gasteiger partial charge in [-0.25, -0.2) is 0 Å². The highest BCUT2D eigenvalue weighted by Gasteiger charge is 2.06. The topological polar surface area (TPSA) is 117 Å². The van der Waals surface area contributed by atoms with E-state index in [1.807, 2.05) is 6.92 Å². The Balaban J connectivity index is 1.92. The summed E-state index contributed by atoms with van der Waals surface area (Å²) in [7, 11) is 0. The molecule has 0 saturated heterocycles. The van der Waals surface area contributed by atoms with E-state index < -0.39 is 5.97 Å². The largest absolute Gasteiger partial charge is 0.492 e. The number of hydrogen-bond donors (Lipinski definition) is 3. The first-order valence-electron chi connectivity index (χ1n) is 7.37. The smallest absolute Gasteiger partial charge is 0.307 e. The molecule has 0 aliphatic rings. The SMILES string of the molecule is CCOc1ccc(OCOc2ccc(CC(=O)O)cc2N)cc1N. The fourth-order valence-electron chi connectivity index (χ4n) is 2.08. The van der Waals surface area contributed by atoms with Gasteiger partial charge >= 0.3 is 5.97 Å². The quantitative estimate of drug-likeness (QED) is 0.501. The molecule has 7 nitrogen and oxygen atoms in total. The van der Waals surface area contributed by atoms with Crippen LogP contribution in [-0.4, -0.2) is 24.5 Å². The van der Waals surface area contributed by atoms with Crippen LogP contribution in [-0.2, 0) is 11.2 Å². The van der Waals surface area contributed by atoms with Gasteiger partial charge in [0.1, 0.15) is 17.2 Å². The fraction of sp³-hybridized carbons (Fsp3) is 0.235. The van der Waals surface area contributed by atoms with Crippen molar-refractivity contribution in [2.24, 2.45) is 0 Å². The molecule has 0 unspecified atom stereocenters. The Labute approximate surface area is 139 Å². The van der Waals surface area contributed by atoms with Crippen LogP contribution >= 0.6 is 0 Å². The monoisotopic (exact) mass is 332 g/mol. The predicted molar refractivity (Wildman–Crippen MR) is 90.3 cm³/mol. The summed E-state index contributed by atoms with van der Waals surface area (Å²) >= 11 is 0. The van der Waals surface area contributed by atoms with E-state index in [9.17, 15) is 4.79 Å². The third-order valence-electron chi connectivity index (χ3n) is 3.15. The van der Waals surface area contributed by atoms with Crippen LogP contribution in [0.3, 0.4) is 0 Å². The molecule has 0 aliphatic heterocycles. The Morgan fingerprint density at radius 1 is 1.00 bits per heavy atom. The Bertz CT molecular complexity index is 718. The molecule has 7 heteroatoms. The molecule has 128 valence electrons. The van der Waals surface area contributed by atoms with Gasteiger partial charge in [0.2, 0.25) is 6.79 Å². The van der Waals surface area contributed by atoms with Crippen molar-refractivity contribution in [3.63, 3.8) is 0 Å². The predicted octanol–water partition coefficient (Wildman–Crippen LogP) is 2.29. The van der Waals surface area contributed by atoms with Crippen molar-refractivity contribution in [1.29, 1.82) is 0 Å². The number of rotatable bonds is 8. The van der Waals surface area contributed by atoms with Crippen LogP contribution in [0.1, 0.15) is 12.5 Å². The summed E-state index contributed by atoms with van der Waals surface area (Å²) in [5, 5.41) is 8.76. The van der Waals surface area contributed by atoms with E-state index >= 15 is 0 Å². The highest BCUT2D eigenvalue weighted by Crippen LogP contribution is 2.27. The summed E-state index contributed by atoms with van der Waals surface area (Å²) in [6.07, 6.45) is -0.0908. The summed E-state index contributed by atoms with van der Waals surface area (Å²) in [5.41, 5.74) is 13.1. The Kier molecular flexibility index (Phi) is 5.73. The second-order valence-corrected chi connectivity index (χ2v) is 4.98. The molecule has 0 radical (unpaired) electrons. The van der Waals surface area contributed by atoms with E-state index in [2.05, 4.69) is 0 Å². The minimum atomic E-state index is -0.917. The minimum absolute atomic E-state index is 0.0596. The maximum Gasteiger partial charge on any atom is 0.307 e. The molecule has 0 atom stereocenters. The zero-order valence-electron chi connectivity index (χ0n) is 13.3. The third-order valence-corrected chi connectivity index (χ3v) is 3.15. The van der Waals surface area contributed by atoms with Crippen LogP contribution in [0.25, 0.3) is 0 Å².